The molecule has 0 amide bonds. The zero-order valence-electron chi connectivity index (χ0n) is 34.7. The van der Waals surface area contributed by atoms with Gasteiger partial charge in [-0.3, -0.25) is 4.57 Å². The molecule has 0 aliphatic heterocycles. The summed E-state index contributed by atoms with van der Waals surface area (Å²) in [6.07, 6.45) is 4.08. The number of furan rings is 1. The van der Waals surface area contributed by atoms with E-state index in [4.69, 9.17) is 19.4 Å². The number of benzene rings is 9. The molecular weight excluding hydrogens is 795 g/mol. The summed E-state index contributed by atoms with van der Waals surface area (Å²) in [5, 5.41) is 9.90. The van der Waals surface area contributed by atoms with Crippen LogP contribution < -0.4 is 0 Å². The molecule has 0 saturated heterocycles. The fourth-order valence-electron chi connectivity index (χ4n) is 10.0. The molecule has 0 atom stereocenters. The van der Waals surface area contributed by atoms with Gasteiger partial charge in [0.1, 0.15) is 11.2 Å². The number of para-hydroxylation sites is 2. The Balaban J connectivity index is 1.12. The van der Waals surface area contributed by atoms with Crippen molar-refractivity contribution >= 4 is 88.3 Å². The number of nitrogens with zero attached hydrogens (tertiary/aromatic N) is 5. The Morgan fingerprint density at radius 1 is 0.400 bits per heavy atom. The van der Waals surface area contributed by atoms with Crippen molar-refractivity contribution in [2.75, 3.05) is 0 Å². The van der Waals surface area contributed by atoms with E-state index in [0.717, 1.165) is 110 Å². The van der Waals surface area contributed by atoms with E-state index in [1.807, 2.05) is 18.2 Å². The normalized spacial score (nSPS) is 12.2. The van der Waals surface area contributed by atoms with Crippen molar-refractivity contribution in [2.45, 2.75) is 0 Å². The Labute approximate surface area is 371 Å². The van der Waals surface area contributed by atoms with Crippen molar-refractivity contribution in [1.82, 2.24) is 24.1 Å². The van der Waals surface area contributed by atoms with E-state index in [9.17, 15) is 0 Å². The molecule has 4 heterocycles. The van der Waals surface area contributed by atoms with Crippen LogP contribution in [-0.2, 0) is 0 Å². The first-order valence-electron chi connectivity index (χ1n) is 21.8. The van der Waals surface area contributed by atoms with E-state index in [1.54, 1.807) is 0 Å². The van der Waals surface area contributed by atoms with Crippen LogP contribution in [-0.4, -0.2) is 24.1 Å². The van der Waals surface area contributed by atoms with Crippen molar-refractivity contribution < 1.29 is 4.42 Å². The number of hydrogen-bond acceptors (Lipinski definition) is 4. The van der Waals surface area contributed by atoms with Crippen LogP contribution in [0.15, 0.2) is 204 Å². The molecule has 0 radical (unpaired) electrons. The first-order chi connectivity index (χ1) is 32.2. The molecule has 65 heavy (non-hydrogen) atoms. The molecular formula is C59H33N5O. The average molecular weight is 828 g/mol. The van der Waals surface area contributed by atoms with Crippen LogP contribution in [0.25, 0.3) is 134 Å². The fraction of sp³-hybridized carbons (Fsp3) is 0. The Bertz CT molecular complexity index is 4200. The van der Waals surface area contributed by atoms with Gasteiger partial charge in [0.2, 0.25) is 5.95 Å². The molecule has 14 rings (SSSR count). The minimum atomic E-state index is 0.528. The maximum absolute atomic E-state index is 6.82. The predicted molar refractivity (Wildman–Crippen MR) is 266 cm³/mol. The Morgan fingerprint density at radius 3 is 1.72 bits per heavy atom. The highest BCUT2D eigenvalue weighted by Crippen LogP contribution is 2.45. The maximum atomic E-state index is 6.82. The largest absolute Gasteiger partial charge is 0.456 e. The zero-order valence-corrected chi connectivity index (χ0v) is 34.7. The Kier molecular flexibility index (Phi) is 7.50. The summed E-state index contributed by atoms with van der Waals surface area (Å²) in [6, 6.07) is 66.0. The lowest BCUT2D eigenvalue weighted by atomic mass is 10.0. The van der Waals surface area contributed by atoms with Gasteiger partial charge in [0, 0.05) is 44.3 Å². The van der Waals surface area contributed by atoms with E-state index in [-0.39, 0.29) is 0 Å². The highest BCUT2D eigenvalue weighted by Gasteiger charge is 2.27. The smallest absolute Gasteiger partial charge is 0.238 e. The molecule has 9 aromatic carbocycles. The monoisotopic (exact) mass is 827 g/mol. The molecule has 13 aromatic rings. The standard InChI is InChI=1S/C59H33N5O/c1-2-14-36(15-3-1)37-26-28-38(29-27-37)57-60-58(62-59(61-57)64-50-24-12-8-20-43(50)44-21-9-13-25-51(44)64)46-30-31-53-55(48-33-40-17-5-7-19-42(40)35-54(48)65-53)56(46)63-49-23-11-10-22-45(49)47-32-39-16-4-6-18-41(39)34-52(47)63/h1-9,12-35H. The second-order valence-corrected chi connectivity index (χ2v) is 16.7. The molecule has 0 spiro atoms. The minimum absolute atomic E-state index is 0.528. The maximum Gasteiger partial charge on any atom is 0.238 e. The van der Waals surface area contributed by atoms with Crippen molar-refractivity contribution in [3.05, 3.63) is 211 Å². The molecule has 0 N–H and O–H groups in total. The van der Waals surface area contributed by atoms with Gasteiger partial charge in [-0.15, -0.1) is 0 Å². The predicted octanol–water partition coefficient (Wildman–Crippen LogP) is 14.9. The minimum Gasteiger partial charge on any atom is -0.456 e. The molecule has 6 heteroatoms. The first-order valence-corrected chi connectivity index (χ1v) is 21.8. The van der Waals surface area contributed by atoms with E-state index in [2.05, 4.69) is 203 Å². The van der Waals surface area contributed by atoms with Crippen LogP contribution in [0.4, 0.5) is 0 Å². The third kappa shape index (κ3) is 5.40. The van der Waals surface area contributed by atoms with Crippen LogP contribution in [0.3, 0.4) is 0 Å². The van der Waals surface area contributed by atoms with Gasteiger partial charge >= 0.3 is 0 Å². The van der Waals surface area contributed by atoms with E-state index >= 15 is 0 Å². The average Bonchev–Trinajstić information content (AvgIpc) is 4.02. The summed E-state index contributed by atoms with van der Waals surface area (Å²) in [5.41, 5.74) is 18.2. The highest BCUT2D eigenvalue weighted by atomic mass is 16.3. The zero-order chi connectivity index (χ0) is 42.6. The molecule has 0 bridgehead atoms. The summed E-state index contributed by atoms with van der Waals surface area (Å²) in [5.74, 6) is 1.63. The summed E-state index contributed by atoms with van der Waals surface area (Å²) in [6.45, 7) is 0. The summed E-state index contributed by atoms with van der Waals surface area (Å²) in [4.78, 5) is 16.3. The molecule has 0 unspecified atom stereocenters. The van der Waals surface area contributed by atoms with E-state index in [1.165, 1.54) is 5.39 Å². The van der Waals surface area contributed by atoms with E-state index < -0.39 is 0 Å². The number of hydrogen-bond donors (Lipinski definition) is 0. The molecule has 4 aromatic heterocycles. The Morgan fingerprint density at radius 2 is 0.985 bits per heavy atom. The van der Waals surface area contributed by atoms with Crippen LogP contribution in [0.1, 0.15) is 11.3 Å². The topological polar surface area (TPSA) is 61.7 Å². The second-order valence-electron chi connectivity index (χ2n) is 16.7. The van der Waals surface area contributed by atoms with Gasteiger partial charge in [-0.05, 0) is 87.3 Å². The summed E-state index contributed by atoms with van der Waals surface area (Å²) < 4.78 is 11.4. The third-order valence-electron chi connectivity index (χ3n) is 13.0. The lowest BCUT2D eigenvalue weighted by molar-refractivity contribution is 0.669. The molecule has 300 valence electrons. The third-order valence-corrected chi connectivity index (χ3v) is 13.0. The highest BCUT2D eigenvalue weighted by molar-refractivity contribution is 6.17. The van der Waals surface area contributed by atoms with Gasteiger partial charge in [-0.2, -0.15) is 9.97 Å². The van der Waals surface area contributed by atoms with Gasteiger partial charge in [0.05, 0.1) is 33.3 Å². The molecule has 6 nitrogen and oxygen atoms in total. The molecule has 0 saturated carbocycles. The van der Waals surface area contributed by atoms with Gasteiger partial charge in [-0.1, -0.05) is 151 Å². The van der Waals surface area contributed by atoms with Crippen LogP contribution in [0.5, 0.6) is 0 Å². The number of rotatable bonds is 5. The molecule has 0 fully saturated rings. The second kappa shape index (κ2) is 13.7. The fourth-order valence-corrected chi connectivity index (χ4v) is 10.0. The van der Waals surface area contributed by atoms with Crippen molar-refractivity contribution in [1.29, 1.82) is 0 Å². The van der Waals surface area contributed by atoms with Gasteiger partial charge in [0.15, 0.2) is 11.6 Å². The summed E-state index contributed by atoms with van der Waals surface area (Å²) in [7, 11) is 0. The number of fused-ring (bicyclic) bond motifs is 11. The quantitative estimate of drug-likeness (QED) is 0.162. The lowest BCUT2D eigenvalue weighted by Crippen LogP contribution is -2.08. The van der Waals surface area contributed by atoms with Gasteiger partial charge < -0.3 is 8.98 Å². The number of aromatic nitrogens is 5. The lowest BCUT2D eigenvalue weighted by Gasteiger charge is -2.17. The van der Waals surface area contributed by atoms with Gasteiger partial charge in [0.25, 0.3) is 0 Å². The van der Waals surface area contributed by atoms with Crippen molar-refractivity contribution in [3.8, 4) is 45.5 Å². The van der Waals surface area contributed by atoms with Crippen LogP contribution in [0, 0.1) is 0 Å². The van der Waals surface area contributed by atoms with Crippen LogP contribution in [0.2, 0.25) is 0 Å². The molecule has 1 aliphatic carbocycles. The summed E-state index contributed by atoms with van der Waals surface area (Å²) >= 11 is 0. The van der Waals surface area contributed by atoms with Gasteiger partial charge in [-0.25, -0.2) is 4.98 Å². The Hall–Kier alpha value is -9.05. The SMILES string of the molecule is C1=C=Cc2c(c3cc4ccccc4cc3n2-c2c(-c3nc(-c4ccc(-c5ccccc5)cc4)nc(-n4c5ccccc5c5ccccc54)n3)ccc3oc4cc5ccccc5cc4c23)C=1. The van der Waals surface area contributed by atoms with Crippen LogP contribution >= 0.6 is 0 Å². The van der Waals surface area contributed by atoms with E-state index in [0.29, 0.717) is 17.6 Å². The first kappa shape index (κ1) is 35.5. The van der Waals surface area contributed by atoms with Crippen molar-refractivity contribution in [2.24, 2.45) is 0 Å². The van der Waals surface area contributed by atoms with Crippen molar-refractivity contribution in [3.63, 3.8) is 0 Å². The molecule has 1 aliphatic rings.